The molecule has 1 heterocycles. The second-order valence-electron chi connectivity index (χ2n) is 3.97. The first-order valence-electron chi connectivity index (χ1n) is 5.90. The van der Waals surface area contributed by atoms with Crippen LogP contribution in [0.3, 0.4) is 0 Å². The average Bonchev–Trinajstić information content (AvgIpc) is 2.85. The molecule has 0 atom stereocenters. The summed E-state index contributed by atoms with van der Waals surface area (Å²) in [5.74, 6) is 0.880. The Balaban J connectivity index is 1.97. The SMILES string of the molecule is CNCCc1nnc(Cc2ccc(OC)cc2)s1. The highest BCUT2D eigenvalue weighted by Crippen LogP contribution is 2.17. The number of hydrogen-bond donors (Lipinski definition) is 1. The lowest BCUT2D eigenvalue weighted by atomic mass is 10.1. The molecule has 0 bridgehead atoms. The molecular formula is C13H17N3OS. The minimum Gasteiger partial charge on any atom is -0.497 e. The molecule has 0 saturated heterocycles. The fraction of sp³-hybridized carbons (Fsp3) is 0.385. The maximum atomic E-state index is 5.14. The molecule has 4 nitrogen and oxygen atoms in total. The van der Waals surface area contributed by atoms with Gasteiger partial charge in [-0.3, -0.25) is 0 Å². The molecule has 0 radical (unpaired) electrons. The molecule has 0 saturated carbocycles. The highest BCUT2D eigenvalue weighted by molar-refractivity contribution is 7.11. The highest BCUT2D eigenvalue weighted by Gasteiger charge is 2.05. The number of aromatic nitrogens is 2. The van der Waals surface area contributed by atoms with Crippen molar-refractivity contribution >= 4 is 11.3 Å². The summed E-state index contributed by atoms with van der Waals surface area (Å²) in [6, 6.07) is 8.07. The van der Waals surface area contributed by atoms with Crippen molar-refractivity contribution in [3.63, 3.8) is 0 Å². The van der Waals surface area contributed by atoms with Crippen molar-refractivity contribution in [1.82, 2.24) is 15.5 Å². The zero-order chi connectivity index (χ0) is 12.8. The number of nitrogens with zero attached hydrogens (tertiary/aromatic N) is 2. The summed E-state index contributed by atoms with van der Waals surface area (Å²) in [5.41, 5.74) is 1.23. The molecule has 0 amide bonds. The number of ether oxygens (including phenoxy) is 1. The van der Waals surface area contributed by atoms with Gasteiger partial charge in [-0.15, -0.1) is 21.5 Å². The quantitative estimate of drug-likeness (QED) is 0.864. The van der Waals surface area contributed by atoms with E-state index in [0.717, 1.165) is 35.2 Å². The number of rotatable bonds is 6. The predicted molar refractivity (Wildman–Crippen MR) is 73.3 cm³/mol. The molecule has 0 aliphatic heterocycles. The standard InChI is InChI=1S/C13H17N3OS/c1-14-8-7-12-15-16-13(18-12)9-10-3-5-11(17-2)6-4-10/h3-6,14H,7-9H2,1-2H3. The van der Waals surface area contributed by atoms with Crippen molar-refractivity contribution in [2.24, 2.45) is 0 Å². The van der Waals surface area contributed by atoms with E-state index >= 15 is 0 Å². The van der Waals surface area contributed by atoms with Crippen LogP contribution in [-0.2, 0) is 12.8 Å². The summed E-state index contributed by atoms with van der Waals surface area (Å²) in [4.78, 5) is 0. The van der Waals surface area contributed by atoms with Gasteiger partial charge in [-0.2, -0.15) is 0 Å². The Morgan fingerprint density at radius 1 is 1.17 bits per heavy atom. The normalized spacial score (nSPS) is 10.6. The summed E-state index contributed by atoms with van der Waals surface area (Å²) in [6.07, 6.45) is 1.78. The fourth-order valence-electron chi connectivity index (χ4n) is 1.61. The molecule has 18 heavy (non-hydrogen) atoms. The van der Waals surface area contributed by atoms with Crippen LogP contribution in [0, 0.1) is 0 Å². The van der Waals surface area contributed by atoms with E-state index in [4.69, 9.17) is 4.74 Å². The van der Waals surface area contributed by atoms with Crippen LogP contribution < -0.4 is 10.1 Å². The molecule has 0 fully saturated rings. The van der Waals surface area contributed by atoms with Gasteiger partial charge in [0.2, 0.25) is 0 Å². The van der Waals surface area contributed by atoms with Gasteiger partial charge in [0.1, 0.15) is 15.8 Å². The molecule has 1 aromatic carbocycles. The van der Waals surface area contributed by atoms with Gasteiger partial charge in [-0.1, -0.05) is 12.1 Å². The Hall–Kier alpha value is -1.46. The minimum atomic E-state index is 0.835. The minimum absolute atomic E-state index is 0.835. The van der Waals surface area contributed by atoms with Crippen molar-refractivity contribution in [3.8, 4) is 5.75 Å². The third-order valence-electron chi connectivity index (χ3n) is 2.61. The third kappa shape index (κ3) is 3.51. The lowest BCUT2D eigenvalue weighted by molar-refractivity contribution is 0.414. The summed E-state index contributed by atoms with van der Waals surface area (Å²) >= 11 is 1.68. The van der Waals surface area contributed by atoms with Gasteiger partial charge >= 0.3 is 0 Å². The zero-order valence-corrected chi connectivity index (χ0v) is 11.5. The van der Waals surface area contributed by atoms with Crippen molar-refractivity contribution in [1.29, 1.82) is 0 Å². The summed E-state index contributed by atoms with van der Waals surface area (Å²) < 4.78 is 5.14. The maximum absolute atomic E-state index is 5.14. The molecule has 96 valence electrons. The van der Waals surface area contributed by atoms with Crippen LogP contribution >= 0.6 is 11.3 Å². The van der Waals surface area contributed by atoms with E-state index in [1.807, 2.05) is 19.2 Å². The molecule has 1 N–H and O–H groups in total. The van der Waals surface area contributed by atoms with E-state index in [1.54, 1.807) is 18.4 Å². The molecule has 2 aromatic rings. The van der Waals surface area contributed by atoms with E-state index in [9.17, 15) is 0 Å². The van der Waals surface area contributed by atoms with Gasteiger partial charge in [0, 0.05) is 19.4 Å². The number of benzene rings is 1. The van der Waals surface area contributed by atoms with E-state index in [1.165, 1.54) is 5.56 Å². The lowest BCUT2D eigenvalue weighted by Crippen LogP contribution is -2.09. The Morgan fingerprint density at radius 2 is 1.89 bits per heavy atom. The van der Waals surface area contributed by atoms with Gasteiger partial charge in [0.25, 0.3) is 0 Å². The Bertz CT molecular complexity index is 481. The Labute approximate surface area is 111 Å². The van der Waals surface area contributed by atoms with Crippen LogP contribution in [-0.4, -0.2) is 30.9 Å². The molecule has 0 aliphatic rings. The summed E-state index contributed by atoms with van der Waals surface area (Å²) in [7, 11) is 3.62. The lowest BCUT2D eigenvalue weighted by Gasteiger charge is -2.00. The van der Waals surface area contributed by atoms with Crippen LogP contribution in [0.4, 0.5) is 0 Å². The zero-order valence-electron chi connectivity index (χ0n) is 10.6. The second-order valence-corrected chi connectivity index (χ2v) is 5.11. The molecule has 0 unspecified atom stereocenters. The van der Waals surface area contributed by atoms with E-state index in [2.05, 4.69) is 27.6 Å². The van der Waals surface area contributed by atoms with Crippen molar-refractivity contribution in [2.45, 2.75) is 12.8 Å². The second kappa shape index (κ2) is 6.47. The molecular weight excluding hydrogens is 246 g/mol. The highest BCUT2D eigenvalue weighted by atomic mass is 32.1. The first kappa shape index (κ1) is 13.0. The molecule has 5 heteroatoms. The van der Waals surface area contributed by atoms with E-state index < -0.39 is 0 Å². The van der Waals surface area contributed by atoms with Gasteiger partial charge in [-0.05, 0) is 24.7 Å². The van der Waals surface area contributed by atoms with Crippen LogP contribution in [0.25, 0.3) is 0 Å². The fourth-order valence-corrected chi connectivity index (χ4v) is 2.49. The van der Waals surface area contributed by atoms with E-state index in [-0.39, 0.29) is 0 Å². The first-order valence-corrected chi connectivity index (χ1v) is 6.72. The number of hydrogen-bond acceptors (Lipinski definition) is 5. The third-order valence-corrected chi connectivity index (χ3v) is 3.59. The summed E-state index contributed by atoms with van der Waals surface area (Å²) in [6.45, 7) is 0.942. The van der Waals surface area contributed by atoms with Gasteiger partial charge < -0.3 is 10.1 Å². The van der Waals surface area contributed by atoms with Crippen molar-refractivity contribution in [3.05, 3.63) is 39.8 Å². The average molecular weight is 263 g/mol. The maximum Gasteiger partial charge on any atom is 0.121 e. The van der Waals surface area contributed by atoms with Gasteiger partial charge in [-0.25, -0.2) is 0 Å². The Kier molecular flexibility index (Phi) is 4.66. The molecule has 1 aromatic heterocycles. The van der Waals surface area contributed by atoms with Crippen LogP contribution in [0.2, 0.25) is 0 Å². The number of methoxy groups -OCH3 is 1. The van der Waals surface area contributed by atoms with Crippen LogP contribution in [0.15, 0.2) is 24.3 Å². The van der Waals surface area contributed by atoms with Gasteiger partial charge in [0.05, 0.1) is 7.11 Å². The van der Waals surface area contributed by atoms with Gasteiger partial charge in [0.15, 0.2) is 0 Å². The number of likely N-dealkylation sites (N-methyl/N-ethyl adjacent to an activating group) is 1. The van der Waals surface area contributed by atoms with Crippen molar-refractivity contribution in [2.75, 3.05) is 20.7 Å². The molecule has 2 rings (SSSR count). The summed E-state index contributed by atoms with van der Waals surface area (Å²) in [5, 5.41) is 13.7. The molecule has 0 spiro atoms. The largest absolute Gasteiger partial charge is 0.497 e. The monoisotopic (exact) mass is 263 g/mol. The van der Waals surface area contributed by atoms with E-state index in [0.29, 0.717) is 0 Å². The number of nitrogens with one attached hydrogen (secondary N) is 1. The topological polar surface area (TPSA) is 47.0 Å². The molecule has 0 aliphatic carbocycles. The smallest absolute Gasteiger partial charge is 0.121 e. The van der Waals surface area contributed by atoms with Crippen LogP contribution in [0.5, 0.6) is 5.75 Å². The predicted octanol–water partition coefficient (Wildman–Crippen LogP) is 1.90. The first-order chi connectivity index (χ1) is 8.81. The Morgan fingerprint density at radius 3 is 2.56 bits per heavy atom. The van der Waals surface area contributed by atoms with Crippen LogP contribution in [0.1, 0.15) is 15.6 Å². The van der Waals surface area contributed by atoms with Crippen molar-refractivity contribution < 1.29 is 4.74 Å².